The summed E-state index contributed by atoms with van der Waals surface area (Å²) >= 11 is 6.30. The van der Waals surface area contributed by atoms with E-state index < -0.39 is 15.9 Å². The molecule has 0 spiro atoms. The van der Waals surface area contributed by atoms with Crippen LogP contribution in [0.1, 0.15) is 22.3 Å². The molecule has 0 radical (unpaired) electrons. The summed E-state index contributed by atoms with van der Waals surface area (Å²) in [7, 11) is -2.38. The van der Waals surface area contributed by atoms with Crippen LogP contribution in [0.15, 0.2) is 83.8 Å². The van der Waals surface area contributed by atoms with Crippen LogP contribution < -0.4 is 4.90 Å². The Bertz CT molecular complexity index is 1230. The summed E-state index contributed by atoms with van der Waals surface area (Å²) in [4.78, 5) is 14.7. The fourth-order valence-corrected chi connectivity index (χ4v) is 4.58. The largest absolute Gasteiger partial charge is 0.307 e. The third-order valence-electron chi connectivity index (χ3n) is 4.88. The molecule has 8 heteroatoms. The van der Waals surface area contributed by atoms with Crippen molar-refractivity contribution in [3.63, 3.8) is 0 Å². The molecule has 0 unspecified atom stereocenters. The van der Waals surface area contributed by atoms with Crippen molar-refractivity contribution in [2.24, 2.45) is 0 Å². The molecule has 6 nitrogen and oxygen atoms in total. The molecule has 0 aliphatic rings. The van der Waals surface area contributed by atoms with Crippen molar-refractivity contribution in [2.75, 3.05) is 18.5 Å². The van der Waals surface area contributed by atoms with E-state index >= 15 is 0 Å². The Labute approximate surface area is 193 Å². The Balaban J connectivity index is 1.94. The molecule has 3 aromatic carbocycles. The minimum absolute atomic E-state index is 0.0306. The van der Waals surface area contributed by atoms with Crippen LogP contribution in [0, 0.1) is 11.3 Å². The van der Waals surface area contributed by atoms with Crippen molar-refractivity contribution in [3.05, 3.63) is 95.0 Å². The maximum absolute atomic E-state index is 13.3. The van der Waals surface area contributed by atoms with Crippen molar-refractivity contribution >= 4 is 33.2 Å². The van der Waals surface area contributed by atoms with Gasteiger partial charge in [-0.3, -0.25) is 4.79 Å². The molecule has 0 N–H and O–H groups in total. The Morgan fingerprint density at radius 1 is 1.00 bits per heavy atom. The number of carbonyl (C=O) groups is 1. The zero-order chi connectivity index (χ0) is 23.1. The van der Waals surface area contributed by atoms with Crippen LogP contribution in [0.2, 0.25) is 5.02 Å². The smallest absolute Gasteiger partial charge is 0.259 e. The highest BCUT2D eigenvalue weighted by Gasteiger charge is 2.26. The van der Waals surface area contributed by atoms with Crippen LogP contribution in [0.5, 0.6) is 0 Å². The first-order chi connectivity index (χ1) is 15.3. The standard InChI is InChI=1S/C24H22ClN3O3S/c1-27(18-19-9-4-2-5-10-19)32(30,31)21-13-14-23(25)22(17-21)24(29)28(16-8-15-26)20-11-6-3-7-12-20/h2-7,9-14,17H,8,16,18H2,1H3. The van der Waals surface area contributed by atoms with Crippen LogP contribution in [0.3, 0.4) is 0 Å². The summed E-state index contributed by atoms with van der Waals surface area (Å²) < 4.78 is 27.5. The van der Waals surface area contributed by atoms with Gasteiger partial charge in [0.05, 0.1) is 28.0 Å². The SMILES string of the molecule is CN(Cc1ccccc1)S(=O)(=O)c1ccc(Cl)c(C(=O)N(CCC#N)c2ccccc2)c1. The number of nitriles is 1. The molecule has 0 aliphatic heterocycles. The number of hydrogen-bond acceptors (Lipinski definition) is 4. The van der Waals surface area contributed by atoms with E-state index in [0.717, 1.165) is 5.56 Å². The fourth-order valence-electron chi connectivity index (χ4n) is 3.20. The average Bonchev–Trinajstić information content (AvgIpc) is 2.80. The molecule has 0 saturated carbocycles. The van der Waals surface area contributed by atoms with Crippen molar-refractivity contribution in [1.29, 1.82) is 5.26 Å². The van der Waals surface area contributed by atoms with Gasteiger partial charge in [0.25, 0.3) is 5.91 Å². The molecule has 3 aromatic rings. The Morgan fingerprint density at radius 3 is 2.25 bits per heavy atom. The number of anilines is 1. The highest BCUT2D eigenvalue weighted by molar-refractivity contribution is 7.89. The maximum Gasteiger partial charge on any atom is 0.259 e. The highest BCUT2D eigenvalue weighted by atomic mass is 35.5. The third-order valence-corrected chi connectivity index (χ3v) is 7.01. The molecule has 0 saturated heterocycles. The molecule has 0 fully saturated rings. The van der Waals surface area contributed by atoms with Gasteiger partial charge < -0.3 is 4.90 Å². The lowest BCUT2D eigenvalue weighted by Gasteiger charge is -2.23. The van der Waals surface area contributed by atoms with Gasteiger partial charge in [0, 0.05) is 25.8 Å². The van der Waals surface area contributed by atoms with Gasteiger partial charge in [0.1, 0.15) is 0 Å². The lowest BCUT2D eigenvalue weighted by atomic mass is 10.1. The van der Waals surface area contributed by atoms with Crippen molar-refractivity contribution in [3.8, 4) is 6.07 Å². The quantitative estimate of drug-likeness (QED) is 0.480. The Morgan fingerprint density at radius 2 is 1.62 bits per heavy atom. The van der Waals surface area contributed by atoms with E-state index in [2.05, 4.69) is 0 Å². The minimum atomic E-state index is -3.87. The number of rotatable bonds is 8. The van der Waals surface area contributed by atoms with E-state index in [4.69, 9.17) is 16.9 Å². The first kappa shape index (κ1) is 23.5. The summed E-state index contributed by atoms with van der Waals surface area (Å²) in [5.74, 6) is -0.473. The highest BCUT2D eigenvalue weighted by Crippen LogP contribution is 2.26. The second-order valence-electron chi connectivity index (χ2n) is 7.09. The number of benzene rings is 3. The molecule has 1 amide bonds. The van der Waals surface area contributed by atoms with Crippen LogP contribution in [-0.4, -0.2) is 32.2 Å². The van der Waals surface area contributed by atoms with Crippen LogP contribution in [0.4, 0.5) is 5.69 Å². The number of carbonyl (C=O) groups excluding carboxylic acids is 1. The third kappa shape index (κ3) is 5.35. The monoisotopic (exact) mass is 467 g/mol. The van der Waals surface area contributed by atoms with E-state index in [0.29, 0.717) is 5.69 Å². The Kier molecular flexibility index (Phi) is 7.65. The lowest BCUT2D eigenvalue weighted by molar-refractivity contribution is 0.0987. The molecule has 3 rings (SSSR count). The average molecular weight is 468 g/mol. The number of sulfonamides is 1. The molecular weight excluding hydrogens is 446 g/mol. The van der Waals surface area contributed by atoms with Gasteiger partial charge in [-0.25, -0.2) is 8.42 Å². The second-order valence-corrected chi connectivity index (χ2v) is 9.54. The van der Waals surface area contributed by atoms with Gasteiger partial charge in [-0.1, -0.05) is 60.1 Å². The summed E-state index contributed by atoms with van der Waals surface area (Å²) in [5.41, 5.74) is 1.50. The predicted octanol–water partition coefficient (Wildman–Crippen LogP) is 4.72. The molecule has 164 valence electrons. The van der Waals surface area contributed by atoms with E-state index in [1.165, 1.54) is 34.5 Å². The second kappa shape index (κ2) is 10.4. The Hall–Kier alpha value is -3.18. The number of para-hydroxylation sites is 1. The summed E-state index contributed by atoms with van der Waals surface area (Å²) in [5, 5.41) is 9.14. The van der Waals surface area contributed by atoms with Crippen molar-refractivity contribution in [1.82, 2.24) is 4.31 Å². The molecule has 0 atom stereocenters. The van der Waals surface area contributed by atoms with Gasteiger partial charge in [-0.15, -0.1) is 0 Å². The van der Waals surface area contributed by atoms with E-state index in [-0.39, 0.29) is 35.0 Å². The van der Waals surface area contributed by atoms with E-state index in [1.807, 2.05) is 42.5 Å². The van der Waals surface area contributed by atoms with Crippen molar-refractivity contribution in [2.45, 2.75) is 17.9 Å². The number of nitrogens with zero attached hydrogens (tertiary/aromatic N) is 3. The first-order valence-corrected chi connectivity index (χ1v) is 11.7. The first-order valence-electron chi connectivity index (χ1n) is 9.88. The molecule has 0 bridgehead atoms. The van der Waals surface area contributed by atoms with E-state index in [1.54, 1.807) is 24.3 Å². The van der Waals surface area contributed by atoms with Crippen LogP contribution in [-0.2, 0) is 16.6 Å². The zero-order valence-electron chi connectivity index (χ0n) is 17.5. The number of halogens is 1. The molecule has 0 heterocycles. The van der Waals surface area contributed by atoms with Gasteiger partial charge in [0.2, 0.25) is 10.0 Å². The molecule has 0 aliphatic carbocycles. The van der Waals surface area contributed by atoms with Gasteiger partial charge >= 0.3 is 0 Å². The number of amides is 1. The van der Waals surface area contributed by atoms with Gasteiger partial charge in [0.15, 0.2) is 0 Å². The van der Waals surface area contributed by atoms with E-state index in [9.17, 15) is 13.2 Å². The maximum atomic E-state index is 13.3. The van der Waals surface area contributed by atoms with Gasteiger partial charge in [-0.05, 0) is 35.9 Å². The normalized spacial score (nSPS) is 11.2. The summed E-state index contributed by atoms with van der Waals surface area (Å²) in [6, 6.07) is 24.2. The van der Waals surface area contributed by atoms with Crippen LogP contribution in [0.25, 0.3) is 0 Å². The fraction of sp³-hybridized carbons (Fsp3) is 0.167. The summed E-state index contributed by atoms with van der Waals surface area (Å²) in [6.45, 7) is 0.341. The minimum Gasteiger partial charge on any atom is -0.307 e. The van der Waals surface area contributed by atoms with Crippen LogP contribution >= 0.6 is 11.6 Å². The predicted molar refractivity (Wildman–Crippen MR) is 125 cm³/mol. The topological polar surface area (TPSA) is 81.5 Å². The number of hydrogen-bond donors (Lipinski definition) is 0. The van der Waals surface area contributed by atoms with Crippen molar-refractivity contribution < 1.29 is 13.2 Å². The molecule has 0 aromatic heterocycles. The molecule has 32 heavy (non-hydrogen) atoms. The summed E-state index contributed by atoms with van der Waals surface area (Å²) in [6.07, 6.45) is 0.121. The van der Waals surface area contributed by atoms with Gasteiger partial charge in [-0.2, -0.15) is 9.57 Å². The molecular formula is C24H22ClN3O3S. The lowest BCUT2D eigenvalue weighted by Crippen LogP contribution is -2.32. The zero-order valence-corrected chi connectivity index (χ0v) is 19.1.